The van der Waals surface area contributed by atoms with E-state index in [1.165, 1.54) is 0 Å². The van der Waals surface area contributed by atoms with Crippen LogP contribution in [-0.2, 0) is 16.6 Å². The lowest BCUT2D eigenvalue weighted by Crippen LogP contribution is -2.50. The Morgan fingerprint density at radius 3 is 2.33 bits per heavy atom. The summed E-state index contributed by atoms with van der Waals surface area (Å²) in [5.74, 6) is 0. The standard InChI is InChI=1S/C15H25N3O2S/c1-12(2)17-6-8-18(9-7-17)21(19,20)15-5-4-13(3)14(10-15)11-16/h4-5,10,12H,6-9,11,16H2,1-3H3. The van der Waals surface area contributed by atoms with Gasteiger partial charge in [0.25, 0.3) is 0 Å². The molecule has 0 unspecified atom stereocenters. The Labute approximate surface area is 127 Å². The van der Waals surface area contributed by atoms with Crippen LogP contribution in [0.15, 0.2) is 23.1 Å². The fourth-order valence-corrected chi connectivity index (χ4v) is 4.11. The lowest BCUT2D eigenvalue weighted by molar-refractivity contribution is 0.154. The molecule has 118 valence electrons. The van der Waals surface area contributed by atoms with Crippen molar-refractivity contribution in [1.29, 1.82) is 0 Å². The van der Waals surface area contributed by atoms with Gasteiger partial charge in [-0.3, -0.25) is 4.90 Å². The smallest absolute Gasteiger partial charge is 0.243 e. The number of sulfonamides is 1. The van der Waals surface area contributed by atoms with Gasteiger partial charge in [0.1, 0.15) is 0 Å². The molecule has 0 aromatic heterocycles. The van der Waals surface area contributed by atoms with Crippen molar-refractivity contribution in [3.63, 3.8) is 0 Å². The molecule has 21 heavy (non-hydrogen) atoms. The number of aryl methyl sites for hydroxylation is 1. The molecule has 2 rings (SSSR count). The van der Waals surface area contributed by atoms with E-state index < -0.39 is 10.0 Å². The van der Waals surface area contributed by atoms with Crippen LogP contribution in [-0.4, -0.2) is 49.8 Å². The molecule has 0 amide bonds. The van der Waals surface area contributed by atoms with Gasteiger partial charge in [-0.25, -0.2) is 8.42 Å². The van der Waals surface area contributed by atoms with Crippen LogP contribution in [0, 0.1) is 6.92 Å². The summed E-state index contributed by atoms with van der Waals surface area (Å²) in [6.07, 6.45) is 0. The van der Waals surface area contributed by atoms with Gasteiger partial charge in [-0.1, -0.05) is 6.07 Å². The number of rotatable bonds is 4. The molecule has 1 aliphatic heterocycles. The van der Waals surface area contributed by atoms with E-state index in [2.05, 4.69) is 18.7 Å². The van der Waals surface area contributed by atoms with Gasteiger partial charge in [-0.05, 0) is 44.0 Å². The molecule has 0 spiro atoms. The van der Waals surface area contributed by atoms with E-state index in [1.807, 2.05) is 13.0 Å². The summed E-state index contributed by atoms with van der Waals surface area (Å²) in [5.41, 5.74) is 7.59. The third kappa shape index (κ3) is 3.45. The molecule has 0 aliphatic carbocycles. The van der Waals surface area contributed by atoms with Crippen molar-refractivity contribution in [2.45, 2.75) is 38.3 Å². The number of piperazine rings is 1. The largest absolute Gasteiger partial charge is 0.326 e. The van der Waals surface area contributed by atoms with Crippen LogP contribution in [0.3, 0.4) is 0 Å². The van der Waals surface area contributed by atoms with Crippen LogP contribution in [0.5, 0.6) is 0 Å². The minimum absolute atomic E-state index is 0.353. The molecule has 1 aromatic carbocycles. The van der Waals surface area contributed by atoms with E-state index in [0.29, 0.717) is 30.6 Å². The molecule has 5 nitrogen and oxygen atoms in total. The van der Waals surface area contributed by atoms with Gasteiger partial charge in [0.2, 0.25) is 10.0 Å². The fraction of sp³-hybridized carbons (Fsp3) is 0.600. The van der Waals surface area contributed by atoms with Crippen LogP contribution >= 0.6 is 0 Å². The van der Waals surface area contributed by atoms with Crippen molar-refractivity contribution in [2.24, 2.45) is 5.73 Å². The fourth-order valence-electron chi connectivity index (χ4n) is 2.64. The van der Waals surface area contributed by atoms with Gasteiger partial charge in [-0.2, -0.15) is 4.31 Å². The molecule has 0 bridgehead atoms. The maximum Gasteiger partial charge on any atom is 0.243 e. The lowest BCUT2D eigenvalue weighted by atomic mass is 10.1. The Bertz CT molecular complexity index is 591. The van der Waals surface area contributed by atoms with Crippen molar-refractivity contribution in [3.05, 3.63) is 29.3 Å². The average molecular weight is 311 g/mol. The normalized spacial score (nSPS) is 18.3. The molecular formula is C15H25N3O2S. The first kappa shape index (κ1) is 16.4. The van der Waals surface area contributed by atoms with E-state index in [4.69, 9.17) is 5.73 Å². The van der Waals surface area contributed by atoms with Gasteiger partial charge in [0, 0.05) is 38.8 Å². The third-order valence-corrected chi connectivity index (χ3v) is 6.08. The van der Waals surface area contributed by atoms with Gasteiger partial charge in [0.05, 0.1) is 4.90 Å². The van der Waals surface area contributed by atoms with Gasteiger partial charge in [0.15, 0.2) is 0 Å². The van der Waals surface area contributed by atoms with E-state index >= 15 is 0 Å². The highest BCUT2D eigenvalue weighted by Crippen LogP contribution is 2.21. The van der Waals surface area contributed by atoms with Crippen molar-refractivity contribution >= 4 is 10.0 Å². The summed E-state index contributed by atoms with van der Waals surface area (Å²) in [6.45, 7) is 9.24. The number of hydrogen-bond donors (Lipinski definition) is 1. The highest BCUT2D eigenvalue weighted by molar-refractivity contribution is 7.89. The first-order valence-electron chi connectivity index (χ1n) is 7.40. The maximum atomic E-state index is 12.7. The first-order chi connectivity index (χ1) is 9.86. The van der Waals surface area contributed by atoms with Crippen molar-refractivity contribution in [1.82, 2.24) is 9.21 Å². The molecule has 0 saturated carbocycles. The average Bonchev–Trinajstić information content (AvgIpc) is 2.47. The molecule has 1 saturated heterocycles. The second kappa shape index (κ2) is 6.44. The number of nitrogens with zero attached hydrogens (tertiary/aromatic N) is 2. The Balaban J connectivity index is 2.19. The second-order valence-corrected chi connectivity index (χ2v) is 7.76. The van der Waals surface area contributed by atoms with Gasteiger partial charge >= 0.3 is 0 Å². The quantitative estimate of drug-likeness (QED) is 0.906. The Morgan fingerprint density at radius 2 is 1.81 bits per heavy atom. The minimum atomic E-state index is -3.41. The number of nitrogens with two attached hydrogens (primary N) is 1. The van der Waals surface area contributed by atoms with E-state index in [9.17, 15) is 8.42 Å². The second-order valence-electron chi connectivity index (χ2n) is 5.83. The molecule has 2 N–H and O–H groups in total. The van der Waals surface area contributed by atoms with Gasteiger partial charge < -0.3 is 5.73 Å². The Kier molecular flexibility index (Phi) is 5.03. The summed E-state index contributed by atoms with van der Waals surface area (Å²) in [4.78, 5) is 2.65. The zero-order valence-corrected chi connectivity index (χ0v) is 13.9. The van der Waals surface area contributed by atoms with E-state index in [1.54, 1.807) is 16.4 Å². The zero-order valence-electron chi connectivity index (χ0n) is 13.0. The number of benzene rings is 1. The molecule has 0 radical (unpaired) electrons. The van der Waals surface area contributed by atoms with E-state index in [0.717, 1.165) is 24.2 Å². The maximum absolute atomic E-state index is 12.7. The van der Waals surface area contributed by atoms with E-state index in [-0.39, 0.29) is 0 Å². The molecular weight excluding hydrogens is 286 g/mol. The van der Waals surface area contributed by atoms with Gasteiger partial charge in [-0.15, -0.1) is 0 Å². The van der Waals surface area contributed by atoms with Crippen molar-refractivity contribution in [2.75, 3.05) is 26.2 Å². The van der Waals surface area contributed by atoms with Crippen LogP contribution in [0.2, 0.25) is 0 Å². The first-order valence-corrected chi connectivity index (χ1v) is 8.84. The topological polar surface area (TPSA) is 66.6 Å². The molecule has 0 atom stereocenters. The van der Waals surface area contributed by atoms with Crippen LogP contribution in [0.1, 0.15) is 25.0 Å². The predicted molar refractivity (Wildman–Crippen MR) is 84.5 cm³/mol. The van der Waals surface area contributed by atoms with Crippen LogP contribution < -0.4 is 5.73 Å². The summed E-state index contributed by atoms with van der Waals surface area (Å²) >= 11 is 0. The minimum Gasteiger partial charge on any atom is -0.326 e. The molecule has 1 aliphatic rings. The molecule has 1 fully saturated rings. The monoisotopic (exact) mass is 311 g/mol. The Morgan fingerprint density at radius 1 is 1.19 bits per heavy atom. The Hall–Kier alpha value is -0.950. The summed E-state index contributed by atoms with van der Waals surface area (Å²) in [6, 6.07) is 5.68. The molecule has 1 heterocycles. The highest BCUT2D eigenvalue weighted by Gasteiger charge is 2.29. The summed E-state index contributed by atoms with van der Waals surface area (Å²) < 4.78 is 27.0. The highest BCUT2D eigenvalue weighted by atomic mass is 32.2. The van der Waals surface area contributed by atoms with Crippen molar-refractivity contribution in [3.8, 4) is 0 Å². The SMILES string of the molecule is Cc1ccc(S(=O)(=O)N2CCN(C(C)C)CC2)cc1CN. The zero-order chi connectivity index (χ0) is 15.6. The van der Waals surface area contributed by atoms with Crippen LogP contribution in [0.4, 0.5) is 0 Å². The number of hydrogen-bond acceptors (Lipinski definition) is 4. The summed E-state index contributed by atoms with van der Waals surface area (Å²) in [7, 11) is -3.41. The van der Waals surface area contributed by atoms with Crippen molar-refractivity contribution < 1.29 is 8.42 Å². The third-order valence-electron chi connectivity index (χ3n) is 4.18. The molecule has 1 aromatic rings. The predicted octanol–water partition coefficient (Wildman–Crippen LogP) is 1.17. The van der Waals surface area contributed by atoms with Crippen LogP contribution in [0.25, 0.3) is 0 Å². The molecule has 6 heteroatoms. The lowest BCUT2D eigenvalue weighted by Gasteiger charge is -2.36. The summed E-state index contributed by atoms with van der Waals surface area (Å²) in [5, 5.41) is 0.